The number of phosphoric ester groups is 1. The number of hydrogen-bond donors (Lipinski definition) is 3. The highest BCUT2D eigenvalue weighted by Gasteiger charge is 2.13. The molecule has 0 rings (SSSR count). The van der Waals surface area contributed by atoms with Crippen LogP contribution in [0.25, 0.3) is 0 Å². The van der Waals surface area contributed by atoms with Gasteiger partial charge < -0.3 is 9.63 Å². The Labute approximate surface area is 62.4 Å². The molecule has 0 aromatic heterocycles. The van der Waals surface area contributed by atoms with Crippen LogP contribution in [0, 0.1) is 0 Å². The maximum atomic E-state index is 10.0. The highest BCUT2D eigenvalue weighted by Crippen LogP contribution is 2.36. The molecule has 3 N–H and O–H groups in total. The van der Waals surface area contributed by atoms with Crippen molar-refractivity contribution in [1.82, 2.24) is 0 Å². The van der Waals surface area contributed by atoms with E-state index in [1.807, 2.05) is 0 Å². The van der Waals surface area contributed by atoms with Crippen LogP contribution in [0.5, 0.6) is 0 Å². The lowest BCUT2D eigenvalue weighted by Crippen LogP contribution is -1.96. The Morgan fingerprint density at radius 1 is 1.55 bits per heavy atom. The first-order valence-electron chi connectivity index (χ1n) is 2.47. The Balaban J connectivity index is 4.15. The highest BCUT2D eigenvalue weighted by molar-refractivity contribution is 7.46. The summed E-state index contributed by atoms with van der Waals surface area (Å²) in [5, 5.41) is 8.18. The van der Waals surface area contributed by atoms with Gasteiger partial charge in [0.05, 0.1) is 5.57 Å². The van der Waals surface area contributed by atoms with Crippen molar-refractivity contribution in [2.45, 2.75) is 6.92 Å². The summed E-state index contributed by atoms with van der Waals surface area (Å²) < 4.78 is 13.8. The molecule has 0 bridgehead atoms. The molecule has 0 aliphatic carbocycles. The van der Waals surface area contributed by atoms with Gasteiger partial charge in [0.15, 0.2) is 0 Å². The molecule has 0 fully saturated rings. The topological polar surface area (TPSA) is 104 Å². The number of hydrogen-bond acceptors (Lipinski definition) is 3. The standard InChI is InChI=1S/C4H7O6P/c1-3(4(5)6)2-10-11(7,8)9/h2H,1H3,(H,5,6)(H2,7,8,9)/b3-2+. The van der Waals surface area contributed by atoms with Crippen molar-refractivity contribution >= 4 is 13.8 Å². The van der Waals surface area contributed by atoms with Crippen LogP contribution in [-0.4, -0.2) is 20.9 Å². The first-order valence-corrected chi connectivity index (χ1v) is 4.00. The van der Waals surface area contributed by atoms with E-state index < -0.39 is 13.8 Å². The Hall–Kier alpha value is -0.840. The van der Waals surface area contributed by atoms with E-state index in [9.17, 15) is 9.36 Å². The summed E-state index contributed by atoms with van der Waals surface area (Å²) in [4.78, 5) is 26.2. The van der Waals surface area contributed by atoms with Crippen molar-refractivity contribution in [1.29, 1.82) is 0 Å². The van der Waals surface area contributed by atoms with Crippen molar-refractivity contribution in [2.24, 2.45) is 0 Å². The molecule has 11 heavy (non-hydrogen) atoms. The molecule has 0 unspecified atom stereocenters. The summed E-state index contributed by atoms with van der Waals surface area (Å²) >= 11 is 0. The minimum atomic E-state index is -4.60. The van der Waals surface area contributed by atoms with Gasteiger partial charge in [-0.05, 0) is 6.92 Å². The minimum absolute atomic E-state index is 0.284. The van der Waals surface area contributed by atoms with Gasteiger partial charge >= 0.3 is 13.8 Å². The van der Waals surface area contributed by atoms with Crippen molar-refractivity contribution in [3.63, 3.8) is 0 Å². The van der Waals surface area contributed by atoms with Crippen LogP contribution in [0.15, 0.2) is 11.8 Å². The first-order chi connectivity index (χ1) is 4.83. The largest absolute Gasteiger partial charge is 0.524 e. The molecule has 0 spiro atoms. The fourth-order valence-corrected chi connectivity index (χ4v) is 0.494. The number of aliphatic carboxylic acids is 1. The second-order valence-corrected chi connectivity index (χ2v) is 2.89. The Morgan fingerprint density at radius 3 is 2.27 bits per heavy atom. The minimum Gasteiger partial charge on any atom is -0.478 e. The zero-order chi connectivity index (χ0) is 9.07. The molecular formula is C4H7O6P. The first kappa shape index (κ1) is 10.2. The Morgan fingerprint density at radius 2 is 2.00 bits per heavy atom. The quantitative estimate of drug-likeness (QED) is 0.324. The average Bonchev–Trinajstić information content (AvgIpc) is 1.80. The molecule has 0 amide bonds. The van der Waals surface area contributed by atoms with Crippen LogP contribution >= 0.6 is 7.82 Å². The van der Waals surface area contributed by atoms with E-state index in [1.54, 1.807) is 0 Å². The van der Waals surface area contributed by atoms with Crippen LogP contribution in [0.4, 0.5) is 0 Å². The molecule has 0 saturated heterocycles. The zero-order valence-corrected chi connectivity index (χ0v) is 6.49. The highest BCUT2D eigenvalue weighted by atomic mass is 31.2. The SMILES string of the molecule is C/C(=C\OP(=O)(O)O)C(=O)O. The molecule has 0 aliphatic heterocycles. The van der Waals surface area contributed by atoms with Gasteiger partial charge in [-0.2, -0.15) is 0 Å². The maximum Gasteiger partial charge on any atom is 0.524 e. The average molecular weight is 182 g/mol. The molecule has 0 heterocycles. The summed E-state index contributed by atoms with van der Waals surface area (Å²) in [6.07, 6.45) is 0.503. The van der Waals surface area contributed by atoms with E-state index >= 15 is 0 Å². The molecule has 0 saturated carbocycles. The van der Waals surface area contributed by atoms with Gasteiger partial charge in [-0.1, -0.05) is 0 Å². The van der Waals surface area contributed by atoms with E-state index in [2.05, 4.69) is 4.52 Å². The van der Waals surface area contributed by atoms with Crippen LogP contribution < -0.4 is 0 Å². The number of carbonyl (C=O) groups is 1. The fraction of sp³-hybridized carbons (Fsp3) is 0.250. The molecule has 7 heteroatoms. The lowest BCUT2D eigenvalue weighted by molar-refractivity contribution is -0.132. The van der Waals surface area contributed by atoms with Gasteiger partial charge in [0, 0.05) is 0 Å². The Kier molecular flexibility index (Phi) is 3.25. The van der Waals surface area contributed by atoms with Gasteiger partial charge in [0.2, 0.25) is 0 Å². The molecule has 0 radical (unpaired) electrons. The summed E-state index contributed by atoms with van der Waals surface area (Å²) in [6, 6.07) is 0. The summed E-state index contributed by atoms with van der Waals surface area (Å²) in [6.45, 7) is 1.15. The normalized spacial score (nSPS) is 12.8. The molecule has 0 aromatic carbocycles. The van der Waals surface area contributed by atoms with Crippen molar-refractivity contribution < 1.29 is 28.8 Å². The third-order valence-electron chi connectivity index (χ3n) is 0.704. The smallest absolute Gasteiger partial charge is 0.478 e. The summed E-state index contributed by atoms with van der Waals surface area (Å²) in [7, 11) is -4.60. The second-order valence-electron chi connectivity index (χ2n) is 1.70. The second kappa shape index (κ2) is 3.52. The van der Waals surface area contributed by atoms with Crippen molar-refractivity contribution in [3.8, 4) is 0 Å². The van der Waals surface area contributed by atoms with Gasteiger partial charge in [-0.25, -0.2) is 9.36 Å². The van der Waals surface area contributed by atoms with E-state index in [4.69, 9.17) is 14.9 Å². The molecule has 6 nitrogen and oxygen atoms in total. The van der Waals surface area contributed by atoms with Gasteiger partial charge in [0.25, 0.3) is 0 Å². The van der Waals surface area contributed by atoms with Crippen molar-refractivity contribution in [2.75, 3.05) is 0 Å². The number of rotatable bonds is 3. The predicted molar refractivity (Wildman–Crippen MR) is 34.5 cm³/mol. The maximum absolute atomic E-state index is 10.0. The van der Waals surface area contributed by atoms with Gasteiger partial charge in [0.1, 0.15) is 6.26 Å². The summed E-state index contributed by atoms with van der Waals surface area (Å²) in [5.41, 5.74) is -0.284. The van der Waals surface area contributed by atoms with Crippen LogP contribution in [0.3, 0.4) is 0 Å². The van der Waals surface area contributed by atoms with E-state index in [0.717, 1.165) is 6.92 Å². The van der Waals surface area contributed by atoms with E-state index in [0.29, 0.717) is 6.26 Å². The lowest BCUT2D eigenvalue weighted by atomic mass is 10.4. The molecule has 0 atom stereocenters. The van der Waals surface area contributed by atoms with E-state index in [-0.39, 0.29) is 5.57 Å². The molecule has 0 aliphatic rings. The lowest BCUT2D eigenvalue weighted by Gasteiger charge is -2.00. The predicted octanol–water partition coefficient (Wildman–Crippen LogP) is 0.0841. The molecular weight excluding hydrogens is 175 g/mol. The third-order valence-corrected chi connectivity index (χ3v) is 1.08. The van der Waals surface area contributed by atoms with E-state index in [1.165, 1.54) is 0 Å². The third kappa shape index (κ3) is 5.60. The van der Waals surface area contributed by atoms with Crippen LogP contribution in [0.1, 0.15) is 6.92 Å². The number of phosphoric acid groups is 1. The van der Waals surface area contributed by atoms with Gasteiger partial charge in [-0.15, -0.1) is 0 Å². The zero-order valence-electron chi connectivity index (χ0n) is 5.59. The Bertz CT molecular complexity index is 225. The number of carboxylic acids is 1. The van der Waals surface area contributed by atoms with Gasteiger partial charge in [-0.3, -0.25) is 9.79 Å². The molecule has 0 aromatic rings. The van der Waals surface area contributed by atoms with Crippen molar-refractivity contribution in [3.05, 3.63) is 11.8 Å². The van der Waals surface area contributed by atoms with Crippen LogP contribution in [0.2, 0.25) is 0 Å². The summed E-state index contributed by atoms with van der Waals surface area (Å²) in [5.74, 6) is -1.29. The number of carboxylic acid groups (broad SMARTS) is 1. The van der Waals surface area contributed by atoms with Crippen LogP contribution in [-0.2, 0) is 13.9 Å². The monoisotopic (exact) mass is 182 g/mol. The molecule has 64 valence electrons. The fourth-order valence-electron chi connectivity index (χ4n) is 0.198.